The van der Waals surface area contributed by atoms with Gasteiger partial charge in [0, 0.05) is 12.6 Å². The van der Waals surface area contributed by atoms with Crippen LogP contribution in [0.5, 0.6) is 0 Å². The van der Waals surface area contributed by atoms with Gasteiger partial charge in [-0.3, -0.25) is 4.68 Å². The summed E-state index contributed by atoms with van der Waals surface area (Å²) >= 11 is 6.24. The molecule has 2 aromatic rings. The van der Waals surface area contributed by atoms with Crippen molar-refractivity contribution in [3.8, 4) is 0 Å². The van der Waals surface area contributed by atoms with Crippen LogP contribution in [0.25, 0.3) is 0 Å². The summed E-state index contributed by atoms with van der Waals surface area (Å²) < 4.78 is 1.79. The van der Waals surface area contributed by atoms with E-state index < -0.39 is 0 Å². The zero-order valence-corrected chi connectivity index (χ0v) is 12.4. The van der Waals surface area contributed by atoms with Crippen LogP contribution in [-0.4, -0.2) is 27.0 Å². The molecule has 0 amide bonds. The Labute approximate surface area is 118 Å². The van der Waals surface area contributed by atoms with E-state index in [4.69, 9.17) is 11.6 Å². The molecule has 5 nitrogen and oxygen atoms in total. The quantitative estimate of drug-likeness (QED) is 0.931. The highest BCUT2D eigenvalue weighted by Crippen LogP contribution is 2.29. The molecule has 2 aromatic heterocycles. The van der Waals surface area contributed by atoms with Gasteiger partial charge < -0.3 is 5.32 Å². The molecule has 0 radical (unpaired) electrons. The van der Waals surface area contributed by atoms with Crippen molar-refractivity contribution in [1.82, 2.24) is 25.3 Å². The largest absolute Gasteiger partial charge is 0.308 e. The van der Waals surface area contributed by atoms with Gasteiger partial charge in [0.05, 0.1) is 34.3 Å². The lowest BCUT2D eigenvalue weighted by atomic mass is 10.0. The van der Waals surface area contributed by atoms with Crippen LogP contribution in [0.3, 0.4) is 0 Å². The maximum absolute atomic E-state index is 6.24. The van der Waals surface area contributed by atoms with Gasteiger partial charge in [0.2, 0.25) is 0 Å². The van der Waals surface area contributed by atoms with Gasteiger partial charge in [-0.25, -0.2) is 0 Å². The van der Waals surface area contributed by atoms with Crippen LogP contribution in [0.15, 0.2) is 12.3 Å². The topological polar surface area (TPSA) is 55.6 Å². The van der Waals surface area contributed by atoms with Crippen molar-refractivity contribution < 1.29 is 0 Å². The normalized spacial score (nSPS) is 12.7. The first-order chi connectivity index (χ1) is 9.08. The Balaban J connectivity index is 2.57. The van der Waals surface area contributed by atoms with Crippen molar-refractivity contribution >= 4 is 11.6 Å². The van der Waals surface area contributed by atoms with Crippen LogP contribution in [0.4, 0.5) is 0 Å². The zero-order chi connectivity index (χ0) is 14.0. The van der Waals surface area contributed by atoms with Gasteiger partial charge in [-0.15, -0.1) is 0 Å². The molecular weight excluding hydrogens is 262 g/mol. The van der Waals surface area contributed by atoms with Crippen LogP contribution in [0.2, 0.25) is 5.02 Å². The molecule has 0 saturated heterocycles. The van der Waals surface area contributed by atoms with E-state index in [0.717, 1.165) is 29.1 Å². The zero-order valence-electron chi connectivity index (χ0n) is 11.6. The summed E-state index contributed by atoms with van der Waals surface area (Å²) in [6, 6.07) is 2.01. The van der Waals surface area contributed by atoms with E-state index in [1.165, 1.54) is 0 Å². The average Bonchev–Trinajstić information content (AvgIpc) is 2.72. The first kappa shape index (κ1) is 14.0. The molecule has 0 fully saturated rings. The molecular formula is C13H18ClN5. The number of aryl methyl sites for hydroxylation is 3. The third-order valence-electron chi connectivity index (χ3n) is 3.17. The summed E-state index contributed by atoms with van der Waals surface area (Å²) in [5.74, 6) is 0. The minimum Gasteiger partial charge on any atom is -0.308 e. The van der Waals surface area contributed by atoms with Gasteiger partial charge in [-0.2, -0.15) is 15.3 Å². The first-order valence-electron chi connectivity index (χ1n) is 6.26. The van der Waals surface area contributed by atoms with Crippen molar-refractivity contribution in [1.29, 1.82) is 0 Å². The maximum Gasteiger partial charge on any atom is 0.0837 e. The van der Waals surface area contributed by atoms with Crippen molar-refractivity contribution in [3.63, 3.8) is 0 Å². The molecule has 6 heteroatoms. The first-order valence-corrected chi connectivity index (χ1v) is 6.64. The van der Waals surface area contributed by atoms with Crippen LogP contribution < -0.4 is 5.32 Å². The van der Waals surface area contributed by atoms with Gasteiger partial charge in [-0.05, 0) is 26.5 Å². The smallest absolute Gasteiger partial charge is 0.0837 e. The maximum atomic E-state index is 6.24. The fraction of sp³-hybridized carbons (Fsp3) is 0.462. The lowest BCUT2D eigenvalue weighted by Gasteiger charge is -2.20. The number of hydrogen-bond acceptors (Lipinski definition) is 4. The van der Waals surface area contributed by atoms with E-state index in [9.17, 15) is 0 Å². The van der Waals surface area contributed by atoms with E-state index in [0.29, 0.717) is 5.02 Å². The third kappa shape index (κ3) is 2.62. The van der Waals surface area contributed by atoms with Crippen molar-refractivity contribution in [3.05, 3.63) is 39.9 Å². The third-order valence-corrected chi connectivity index (χ3v) is 3.46. The number of nitrogens with zero attached hydrogens (tertiary/aromatic N) is 4. The van der Waals surface area contributed by atoms with Crippen molar-refractivity contribution in [2.45, 2.75) is 26.3 Å². The summed E-state index contributed by atoms with van der Waals surface area (Å²) in [7, 11) is 3.79. The van der Waals surface area contributed by atoms with E-state index in [1.807, 2.05) is 21.0 Å². The number of aromatic nitrogens is 4. The monoisotopic (exact) mass is 279 g/mol. The molecule has 1 atom stereocenters. The number of halogens is 1. The lowest BCUT2D eigenvalue weighted by Crippen LogP contribution is -2.23. The highest BCUT2D eigenvalue weighted by molar-refractivity contribution is 6.31. The van der Waals surface area contributed by atoms with Gasteiger partial charge in [0.25, 0.3) is 0 Å². The second-order valence-corrected chi connectivity index (χ2v) is 4.87. The Morgan fingerprint density at radius 2 is 2.16 bits per heavy atom. The second-order valence-electron chi connectivity index (χ2n) is 4.46. The Hall–Kier alpha value is -1.46. The van der Waals surface area contributed by atoms with Crippen molar-refractivity contribution in [2.24, 2.45) is 7.05 Å². The summed E-state index contributed by atoms with van der Waals surface area (Å²) in [5, 5.41) is 16.5. The summed E-state index contributed by atoms with van der Waals surface area (Å²) in [6.45, 7) is 4.01. The highest BCUT2D eigenvalue weighted by atomic mass is 35.5. The summed E-state index contributed by atoms with van der Waals surface area (Å²) in [4.78, 5) is 0. The standard InChI is InChI=1S/C13H18ClN5/c1-5-11-9(6-8(2)17-18-11)12(15-3)13-10(14)7-16-19(13)4/h6-7,12,15H,5H2,1-4H3. The SMILES string of the molecule is CCc1nnc(C)cc1C(NC)c1c(Cl)cnn1C. The lowest BCUT2D eigenvalue weighted by molar-refractivity contribution is 0.596. The molecule has 0 aromatic carbocycles. The summed E-state index contributed by atoms with van der Waals surface area (Å²) in [5.41, 5.74) is 3.90. The second kappa shape index (κ2) is 5.67. The number of hydrogen-bond donors (Lipinski definition) is 1. The Kier molecular flexibility index (Phi) is 4.17. The Bertz CT molecular complexity index is 559. The van der Waals surface area contributed by atoms with Gasteiger partial charge >= 0.3 is 0 Å². The molecule has 2 rings (SSSR count). The Morgan fingerprint density at radius 1 is 1.42 bits per heavy atom. The van der Waals surface area contributed by atoms with E-state index in [-0.39, 0.29) is 6.04 Å². The number of nitrogens with one attached hydrogen (secondary N) is 1. The number of rotatable bonds is 4. The van der Waals surface area contributed by atoms with E-state index in [1.54, 1.807) is 10.9 Å². The average molecular weight is 280 g/mol. The molecule has 0 spiro atoms. The molecule has 0 aliphatic heterocycles. The van der Waals surface area contributed by atoms with Gasteiger partial charge in [0.1, 0.15) is 0 Å². The molecule has 0 aliphatic carbocycles. The fourth-order valence-corrected chi connectivity index (χ4v) is 2.52. The molecule has 102 valence electrons. The fourth-order valence-electron chi connectivity index (χ4n) is 2.24. The van der Waals surface area contributed by atoms with Crippen LogP contribution in [0.1, 0.15) is 35.6 Å². The molecule has 0 saturated carbocycles. The molecule has 0 aliphatic rings. The van der Waals surface area contributed by atoms with Gasteiger partial charge in [-0.1, -0.05) is 18.5 Å². The Morgan fingerprint density at radius 3 is 2.68 bits per heavy atom. The minimum atomic E-state index is -0.0378. The minimum absolute atomic E-state index is 0.0378. The molecule has 19 heavy (non-hydrogen) atoms. The molecule has 2 heterocycles. The predicted octanol–water partition coefficient (Wildman–Crippen LogP) is 2.04. The van der Waals surface area contributed by atoms with Crippen molar-refractivity contribution in [2.75, 3.05) is 7.05 Å². The molecule has 1 N–H and O–H groups in total. The van der Waals surface area contributed by atoms with E-state index in [2.05, 4.69) is 33.6 Å². The highest BCUT2D eigenvalue weighted by Gasteiger charge is 2.22. The molecule has 1 unspecified atom stereocenters. The molecule has 0 bridgehead atoms. The summed E-state index contributed by atoms with van der Waals surface area (Å²) in [6.07, 6.45) is 2.49. The van der Waals surface area contributed by atoms with Crippen LogP contribution in [-0.2, 0) is 13.5 Å². The van der Waals surface area contributed by atoms with Crippen LogP contribution >= 0.6 is 11.6 Å². The predicted molar refractivity (Wildman–Crippen MR) is 75.3 cm³/mol. The van der Waals surface area contributed by atoms with E-state index >= 15 is 0 Å². The van der Waals surface area contributed by atoms with Gasteiger partial charge in [0.15, 0.2) is 0 Å². The van der Waals surface area contributed by atoms with Crippen LogP contribution in [0, 0.1) is 6.92 Å².